The first kappa shape index (κ1) is 9.86. The number of nitrogens with two attached hydrogens (primary N) is 1. The van der Waals surface area contributed by atoms with Gasteiger partial charge in [0.25, 0.3) is 0 Å². The zero-order chi connectivity index (χ0) is 9.52. The highest BCUT2D eigenvalue weighted by molar-refractivity contribution is 8.01. The van der Waals surface area contributed by atoms with Gasteiger partial charge in [0.15, 0.2) is 0 Å². The van der Waals surface area contributed by atoms with Gasteiger partial charge in [-0.1, -0.05) is 30.3 Å². The summed E-state index contributed by atoms with van der Waals surface area (Å²) < 4.78 is 0. The Kier molecular flexibility index (Phi) is 4.12. The number of hydrogen-bond donors (Lipinski definition) is 1. The summed E-state index contributed by atoms with van der Waals surface area (Å²) in [6, 6.07) is 9.96. The van der Waals surface area contributed by atoms with Crippen LogP contribution in [0.3, 0.4) is 0 Å². The Morgan fingerprint density at radius 1 is 1.38 bits per heavy atom. The predicted octanol–water partition coefficient (Wildman–Crippen LogP) is 2.34. The highest BCUT2D eigenvalue weighted by Gasteiger charge is 1.95. The molecule has 1 aromatic carbocycles. The summed E-state index contributed by atoms with van der Waals surface area (Å²) in [5, 5.41) is 1.97. The van der Waals surface area contributed by atoms with E-state index in [1.165, 1.54) is 6.34 Å². The molecule has 13 heavy (non-hydrogen) atoms. The lowest BCUT2D eigenvalue weighted by atomic mass is 10.2. The van der Waals surface area contributed by atoms with E-state index in [9.17, 15) is 0 Å². The van der Waals surface area contributed by atoms with Gasteiger partial charge >= 0.3 is 0 Å². The topological polar surface area (TPSA) is 38.4 Å². The SMILES string of the molecule is CS/C=C(\N=CN)c1ccccc1. The summed E-state index contributed by atoms with van der Waals surface area (Å²) in [5.74, 6) is 0. The molecule has 2 nitrogen and oxygen atoms in total. The standard InChI is InChI=1S/C10H12N2S/c1-13-7-10(12-8-11)9-5-3-2-4-6-9/h2-8H,1H3,(H2,11,12)/b10-7-. The molecule has 0 aromatic heterocycles. The van der Waals surface area contributed by atoms with E-state index in [4.69, 9.17) is 5.73 Å². The Morgan fingerprint density at radius 3 is 2.62 bits per heavy atom. The average Bonchev–Trinajstić information content (AvgIpc) is 2.19. The van der Waals surface area contributed by atoms with Gasteiger partial charge in [0.05, 0.1) is 12.0 Å². The van der Waals surface area contributed by atoms with Crippen LogP contribution in [0.2, 0.25) is 0 Å². The highest BCUT2D eigenvalue weighted by atomic mass is 32.2. The molecule has 0 saturated carbocycles. The van der Waals surface area contributed by atoms with Crippen molar-refractivity contribution >= 4 is 23.8 Å². The molecule has 2 N–H and O–H groups in total. The smallest absolute Gasteiger partial charge is 0.0860 e. The van der Waals surface area contributed by atoms with Gasteiger partial charge in [0.1, 0.15) is 0 Å². The summed E-state index contributed by atoms with van der Waals surface area (Å²) in [4.78, 5) is 4.08. The zero-order valence-electron chi connectivity index (χ0n) is 7.47. The minimum atomic E-state index is 0.899. The van der Waals surface area contributed by atoms with E-state index in [2.05, 4.69) is 4.99 Å². The molecule has 0 heterocycles. The molecule has 0 aliphatic carbocycles. The van der Waals surface area contributed by atoms with Crippen LogP contribution in [0.4, 0.5) is 0 Å². The van der Waals surface area contributed by atoms with Crippen molar-refractivity contribution in [1.29, 1.82) is 0 Å². The molecular weight excluding hydrogens is 180 g/mol. The van der Waals surface area contributed by atoms with Gasteiger partial charge in [-0.3, -0.25) is 0 Å². The van der Waals surface area contributed by atoms with Crippen LogP contribution >= 0.6 is 11.8 Å². The van der Waals surface area contributed by atoms with E-state index in [0.717, 1.165) is 11.3 Å². The first-order valence-corrected chi connectivity index (χ1v) is 5.20. The molecule has 0 atom stereocenters. The lowest BCUT2D eigenvalue weighted by Crippen LogP contribution is -1.89. The van der Waals surface area contributed by atoms with E-state index in [-0.39, 0.29) is 0 Å². The third-order valence-electron chi connectivity index (χ3n) is 1.51. The molecule has 0 fully saturated rings. The molecule has 0 aliphatic rings. The fourth-order valence-corrected chi connectivity index (χ4v) is 1.39. The molecule has 0 bridgehead atoms. The van der Waals surface area contributed by atoms with Gasteiger partial charge in [0, 0.05) is 5.56 Å². The second-order valence-corrected chi connectivity index (χ2v) is 3.09. The van der Waals surface area contributed by atoms with Crippen molar-refractivity contribution in [3.8, 4) is 0 Å². The quantitative estimate of drug-likeness (QED) is 0.589. The van der Waals surface area contributed by atoms with Crippen LogP contribution in [0.1, 0.15) is 5.56 Å². The zero-order valence-corrected chi connectivity index (χ0v) is 8.29. The van der Waals surface area contributed by atoms with Crippen LogP contribution in [0.5, 0.6) is 0 Å². The van der Waals surface area contributed by atoms with E-state index in [1.54, 1.807) is 11.8 Å². The molecular formula is C10H12N2S. The van der Waals surface area contributed by atoms with Gasteiger partial charge in [-0.2, -0.15) is 0 Å². The second kappa shape index (κ2) is 5.43. The molecule has 68 valence electrons. The maximum atomic E-state index is 5.26. The first-order valence-electron chi connectivity index (χ1n) is 3.91. The van der Waals surface area contributed by atoms with Crippen LogP contribution in [0.25, 0.3) is 5.70 Å². The van der Waals surface area contributed by atoms with Crippen molar-refractivity contribution in [2.45, 2.75) is 0 Å². The van der Waals surface area contributed by atoms with Crippen LogP contribution in [0, 0.1) is 0 Å². The molecule has 0 aliphatic heterocycles. The van der Waals surface area contributed by atoms with Gasteiger partial charge in [-0.15, -0.1) is 11.8 Å². The summed E-state index contributed by atoms with van der Waals surface area (Å²) >= 11 is 1.61. The number of thioether (sulfide) groups is 1. The third kappa shape index (κ3) is 2.95. The molecule has 1 rings (SSSR count). The number of hydrogen-bond acceptors (Lipinski definition) is 2. The Labute approximate surface area is 82.6 Å². The van der Waals surface area contributed by atoms with E-state index >= 15 is 0 Å². The molecule has 0 amide bonds. The summed E-state index contributed by atoms with van der Waals surface area (Å²) in [6.07, 6.45) is 3.31. The highest BCUT2D eigenvalue weighted by Crippen LogP contribution is 2.17. The van der Waals surface area contributed by atoms with Gasteiger partial charge in [-0.05, 0) is 11.7 Å². The van der Waals surface area contributed by atoms with E-state index < -0.39 is 0 Å². The van der Waals surface area contributed by atoms with Gasteiger partial charge < -0.3 is 5.73 Å². The van der Waals surface area contributed by atoms with Crippen molar-refractivity contribution < 1.29 is 0 Å². The largest absolute Gasteiger partial charge is 0.390 e. The van der Waals surface area contributed by atoms with Gasteiger partial charge in [-0.25, -0.2) is 4.99 Å². The van der Waals surface area contributed by atoms with Crippen molar-refractivity contribution in [2.75, 3.05) is 6.26 Å². The maximum Gasteiger partial charge on any atom is 0.0860 e. The van der Waals surface area contributed by atoms with Crippen molar-refractivity contribution in [3.63, 3.8) is 0 Å². The van der Waals surface area contributed by atoms with Crippen LogP contribution < -0.4 is 5.73 Å². The minimum Gasteiger partial charge on any atom is -0.390 e. The summed E-state index contributed by atoms with van der Waals surface area (Å²) in [5.41, 5.74) is 7.24. The van der Waals surface area contributed by atoms with Crippen molar-refractivity contribution in [1.82, 2.24) is 0 Å². The summed E-state index contributed by atoms with van der Waals surface area (Å²) in [6.45, 7) is 0. The minimum absolute atomic E-state index is 0.899. The Bertz CT molecular complexity index is 304. The fourth-order valence-electron chi connectivity index (χ4n) is 0.974. The number of aliphatic imine (C=N–C) groups is 1. The monoisotopic (exact) mass is 192 g/mol. The molecule has 0 radical (unpaired) electrons. The molecule has 3 heteroatoms. The van der Waals surface area contributed by atoms with E-state index in [0.29, 0.717) is 0 Å². The van der Waals surface area contributed by atoms with Crippen molar-refractivity contribution in [2.24, 2.45) is 10.7 Å². The molecule has 0 saturated heterocycles. The third-order valence-corrected chi connectivity index (χ3v) is 1.97. The Balaban J connectivity index is 2.96. The van der Waals surface area contributed by atoms with Crippen LogP contribution in [0.15, 0.2) is 40.7 Å². The van der Waals surface area contributed by atoms with Gasteiger partial charge in [0.2, 0.25) is 0 Å². The fraction of sp³-hybridized carbons (Fsp3) is 0.100. The lowest BCUT2D eigenvalue weighted by molar-refractivity contribution is 1.51. The van der Waals surface area contributed by atoms with Crippen LogP contribution in [-0.2, 0) is 0 Å². The molecule has 0 spiro atoms. The first-order chi connectivity index (χ1) is 6.38. The Morgan fingerprint density at radius 2 is 2.08 bits per heavy atom. The summed E-state index contributed by atoms with van der Waals surface area (Å²) in [7, 11) is 0. The normalized spacial score (nSPS) is 12.2. The van der Waals surface area contributed by atoms with Crippen LogP contribution in [-0.4, -0.2) is 12.6 Å². The average molecular weight is 192 g/mol. The Hall–Kier alpha value is -1.22. The molecule has 1 aromatic rings. The second-order valence-electron chi connectivity index (χ2n) is 2.38. The number of nitrogens with zero attached hydrogens (tertiary/aromatic N) is 1. The maximum absolute atomic E-state index is 5.26. The number of rotatable bonds is 3. The predicted molar refractivity (Wildman–Crippen MR) is 60.6 cm³/mol. The van der Waals surface area contributed by atoms with Crippen molar-refractivity contribution in [3.05, 3.63) is 41.3 Å². The lowest BCUT2D eigenvalue weighted by Gasteiger charge is -1.99. The number of benzene rings is 1. The molecule has 0 unspecified atom stereocenters. The van der Waals surface area contributed by atoms with E-state index in [1.807, 2.05) is 42.0 Å².